The Morgan fingerprint density at radius 3 is 1.82 bits per heavy atom. The molecular formula is C30H34Cl2F5N3. The molecule has 3 aromatic rings. The van der Waals surface area contributed by atoms with Crippen LogP contribution in [0.4, 0.5) is 27.8 Å². The third-order valence-electron chi connectivity index (χ3n) is 7.73. The summed E-state index contributed by atoms with van der Waals surface area (Å²) in [6.07, 6.45) is -1.90. The van der Waals surface area contributed by atoms with E-state index in [9.17, 15) is 22.0 Å². The lowest BCUT2D eigenvalue weighted by molar-refractivity contribution is -0.137. The summed E-state index contributed by atoms with van der Waals surface area (Å²) in [6.45, 7) is 5.09. The Labute approximate surface area is 243 Å². The van der Waals surface area contributed by atoms with Gasteiger partial charge in [-0.1, -0.05) is 62.6 Å². The first-order valence-electron chi connectivity index (χ1n) is 13.3. The van der Waals surface area contributed by atoms with Crippen LogP contribution < -0.4 is 10.2 Å². The Hall–Kier alpha value is -2.42. The van der Waals surface area contributed by atoms with Gasteiger partial charge in [0.05, 0.1) is 11.1 Å². The molecule has 1 N–H and O–H groups in total. The maximum atomic E-state index is 14.4. The average molecular weight is 603 g/mol. The van der Waals surface area contributed by atoms with E-state index in [0.717, 1.165) is 36.1 Å². The molecule has 2 heterocycles. The van der Waals surface area contributed by atoms with Crippen LogP contribution in [-0.4, -0.2) is 30.2 Å². The van der Waals surface area contributed by atoms with E-state index >= 15 is 0 Å². The van der Waals surface area contributed by atoms with Crippen molar-refractivity contribution >= 4 is 29.8 Å². The zero-order valence-electron chi connectivity index (χ0n) is 22.4. The van der Waals surface area contributed by atoms with Gasteiger partial charge in [-0.05, 0) is 60.4 Å². The molecule has 0 amide bonds. The van der Waals surface area contributed by atoms with Crippen LogP contribution in [0.25, 0.3) is 0 Å². The van der Waals surface area contributed by atoms with E-state index in [0.29, 0.717) is 25.9 Å². The van der Waals surface area contributed by atoms with E-state index in [1.807, 2.05) is 13.8 Å². The molecule has 1 aliphatic heterocycles. The van der Waals surface area contributed by atoms with Gasteiger partial charge in [0.25, 0.3) is 0 Å². The van der Waals surface area contributed by atoms with Crippen LogP contribution in [0.3, 0.4) is 0 Å². The van der Waals surface area contributed by atoms with Crippen LogP contribution in [0.1, 0.15) is 68.1 Å². The van der Waals surface area contributed by atoms with Gasteiger partial charge in [-0.15, -0.1) is 12.4 Å². The molecule has 218 valence electrons. The second kappa shape index (κ2) is 13.5. The second-order valence-corrected chi connectivity index (χ2v) is 10.5. The van der Waals surface area contributed by atoms with Crippen molar-refractivity contribution in [2.75, 3.05) is 24.5 Å². The van der Waals surface area contributed by atoms with Gasteiger partial charge in [-0.25, -0.2) is 13.8 Å². The summed E-state index contributed by atoms with van der Waals surface area (Å²) in [6, 6.07) is 14.6. The smallest absolute Gasteiger partial charge is 0.347 e. The standard InChI is InChI=1S/C30H33ClF5N3.ClH/c1-3-5-24(20-7-11-22(32)12-8-20)29(25(6-4-2)21-9-13-23(33)14-10-21)19-37-17-18-39(29)28-26(30(34,35)36)15-16-27(31)38-28;/h7-16,24-25,37H,3-6,17-19H2,1-2H3;1H. The molecule has 2 atom stereocenters. The van der Waals surface area contributed by atoms with Crippen molar-refractivity contribution in [3.8, 4) is 0 Å². The van der Waals surface area contributed by atoms with Crippen LogP contribution >= 0.6 is 24.0 Å². The molecule has 0 bridgehead atoms. The topological polar surface area (TPSA) is 28.2 Å². The number of hydrogen-bond acceptors (Lipinski definition) is 3. The summed E-state index contributed by atoms with van der Waals surface area (Å²) in [4.78, 5) is 6.07. The van der Waals surface area contributed by atoms with Crippen LogP contribution in [0.5, 0.6) is 0 Å². The number of anilines is 1. The molecule has 4 rings (SSSR count). The van der Waals surface area contributed by atoms with E-state index in [2.05, 4.69) is 10.3 Å². The van der Waals surface area contributed by atoms with Gasteiger partial charge in [0.2, 0.25) is 0 Å². The summed E-state index contributed by atoms with van der Waals surface area (Å²) < 4.78 is 71.3. The number of hydrogen-bond donors (Lipinski definition) is 1. The van der Waals surface area contributed by atoms with Crippen LogP contribution in [0.2, 0.25) is 5.15 Å². The molecule has 10 heteroatoms. The van der Waals surface area contributed by atoms with E-state index < -0.39 is 17.3 Å². The lowest BCUT2D eigenvalue weighted by Gasteiger charge is -2.57. The number of nitrogens with one attached hydrogen (secondary N) is 1. The van der Waals surface area contributed by atoms with Gasteiger partial charge in [0.1, 0.15) is 22.6 Å². The summed E-state index contributed by atoms with van der Waals surface area (Å²) in [5, 5.41) is 3.42. The number of piperazine rings is 1. The maximum absolute atomic E-state index is 14.4. The van der Waals surface area contributed by atoms with Crippen LogP contribution in [0.15, 0.2) is 60.7 Å². The first kappa shape index (κ1) is 32.1. The minimum absolute atomic E-state index is 0. The monoisotopic (exact) mass is 601 g/mol. The minimum atomic E-state index is -4.66. The van der Waals surface area contributed by atoms with Gasteiger partial charge in [0, 0.05) is 31.5 Å². The molecule has 0 radical (unpaired) electrons. The van der Waals surface area contributed by atoms with E-state index in [1.165, 1.54) is 24.3 Å². The van der Waals surface area contributed by atoms with Gasteiger partial charge in [0.15, 0.2) is 0 Å². The molecule has 2 aromatic carbocycles. The molecular weight excluding hydrogens is 568 g/mol. The fourth-order valence-corrected chi connectivity index (χ4v) is 6.32. The number of benzene rings is 2. The molecule has 2 unspecified atom stereocenters. The average Bonchev–Trinajstić information content (AvgIpc) is 2.91. The number of aromatic nitrogens is 1. The van der Waals surface area contributed by atoms with Crippen molar-refractivity contribution in [1.82, 2.24) is 10.3 Å². The Bertz CT molecular complexity index is 1180. The Balaban J connectivity index is 0.00000441. The number of pyridine rings is 1. The molecule has 3 nitrogen and oxygen atoms in total. The Morgan fingerprint density at radius 1 is 0.875 bits per heavy atom. The van der Waals surface area contributed by atoms with Crippen molar-refractivity contribution in [2.24, 2.45) is 0 Å². The number of alkyl halides is 3. The summed E-state index contributed by atoms with van der Waals surface area (Å²) in [7, 11) is 0. The molecule has 1 saturated heterocycles. The molecule has 40 heavy (non-hydrogen) atoms. The van der Waals surface area contributed by atoms with E-state index in [1.54, 1.807) is 29.2 Å². The molecule has 0 saturated carbocycles. The van der Waals surface area contributed by atoms with Crippen LogP contribution in [0, 0.1) is 11.6 Å². The second-order valence-electron chi connectivity index (χ2n) is 10.1. The van der Waals surface area contributed by atoms with Crippen LogP contribution in [-0.2, 0) is 6.18 Å². The molecule has 1 aliphatic rings. The highest BCUT2D eigenvalue weighted by Crippen LogP contribution is 2.52. The molecule has 1 fully saturated rings. The SMILES string of the molecule is CCCC(c1ccc(F)cc1)C1(C(CCC)c2ccc(F)cc2)CNCCN1c1nc(Cl)ccc1C(F)(F)F.Cl. The Kier molecular flexibility index (Phi) is 10.8. The van der Waals surface area contributed by atoms with Gasteiger partial charge < -0.3 is 10.2 Å². The normalized spacial score (nSPS) is 19.1. The van der Waals surface area contributed by atoms with Crippen molar-refractivity contribution < 1.29 is 22.0 Å². The fraction of sp³-hybridized carbons (Fsp3) is 0.433. The third kappa shape index (κ3) is 6.55. The quantitative estimate of drug-likeness (QED) is 0.196. The van der Waals surface area contributed by atoms with E-state index in [4.69, 9.17) is 11.6 Å². The highest BCUT2D eigenvalue weighted by atomic mass is 35.5. The zero-order chi connectivity index (χ0) is 28.2. The highest BCUT2D eigenvalue weighted by molar-refractivity contribution is 6.29. The van der Waals surface area contributed by atoms with E-state index in [-0.39, 0.29) is 53.4 Å². The summed E-state index contributed by atoms with van der Waals surface area (Å²) in [5.74, 6) is -1.61. The fourth-order valence-electron chi connectivity index (χ4n) is 6.18. The molecule has 0 spiro atoms. The van der Waals surface area contributed by atoms with Crippen molar-refractivity contribution in [2.45, 2.75) is 63.1 Å². The maximum Gasteiger partial charge on any atom is 0.419 e. The zero-order valence-corrected chi connectivity index (χ0v) is 24.0. The van der Waals surface area contributed by atoms with Crippen molar-refractivity contribution in [1.29, 1.82) is 0 Å². The lowest BCUT2D eigenvalue weighted by atomic mass is 9.63. The molecule has 1 aromatic heterocycles. The highest BCUT2D eigenvalue weighted by Gasteiger charge is 2.53. The Morgan fingerprint density at radius 2 is 1.38 bits per heavy atom. The number of nitrogens with zero attached hydrogens (tertiary/aromatic N) is 2. The lowest BCUT2D eigenvalue weighted by Crippen LogP contribution is -2.67. The first-order chi connectivity index (χ1) is 18.6. The van der Waals surface area contributed by atoms with Crippen molar-refractivity contribution in [3.05, 3.63) is 94.1 Å². The van der Waals surface area contributed by atoms with Gasteiger partial charge in [-0.3, -0.25) is 0 Å². The predicted molar refractivity (Wildman–Crippen MR) is 153 cm³/mol. The summed E-state index contributed by atoms with van der Waals surface area (Å²) >= 11 is 6.23. The number of halogens is 7. The number of rotatable bonds is 9. The van der Waals surface area contributed by atoms with Gasteiger partial charge in [-0.2, -0.15) is 13.2 Å². The largest absolute Gasteiger partial charge is 0.419 e. The van der Waals surface area contributed by atoms with Crippen molar-refractivity contribution in [3.63, 3.8) is 0 Å². The first-order valence-corrected chi connectivity index (χ1v) is 13.7. The predicted octanol–water partition coefficient (Wildman–Crippen LogP) is 8.77. The van der Waals surface area contributed by atoms with Gasteiger partial charge >= 0.3 is 6.18 Å². The molecule has 0 aliphatic carbocycles. The minimum Gasteiger partial charge on any atom is -0.347 e. The summed E-state index contributed by atoms with van der Waals surface area (Å²) in [5.41, 5.74) is -0.171. The third-order valence-corrected chi connectivity index (χ3v) is 7.94.